The second kappa shape index (κ2) is 4.05. The molecule has 0 spiro atoms. The van der Waals surface area contributed by atoms with Crippen molar-refractivity contribution in [3.05, 3.63) is 35.4 Å². The maximum atomic E-state index is 14.0. The zero-order chi connectivity index (χ0) is 12.7. The minimum atomic E-state index is -0.595. The van der Waals surface area contributed by atoms with Crippen LogP contribution in [0.25, 0.3) is 0 Å². The zero-order valence-electron chi connectivity index (χ0n) is 10.6. The molecular formula is C14H19F2N. The van der Waals surface area contributed by atoms with Gasteiger partial charge in [0, 0.05) is 5.56 Å². The molecule has 0 radical (unpaired) electrons. The number of benzene rings is 1. The fraction of sp³-hybridized carbons (Fsp3) is 0.571. The van der Waals surface area contributed by atoms with Crippen molar-refractivity contribution in [3.8, 4) is 0 Å². The van der Waals surface area contributed by atoms with Gasteiger partial charge in [-0.1, -0.05) is 26.8 Å². The summed E-state index contributed by atoms with van der Waals surface area (Å²) in [7, 11) is 0. The van der Waals surface area contributed by atoms with Crippen molar-refractivity contribution in [1.29, 1.82) is 0 Å². The minimum Gasteiger partial charge on any atom is -0.307 e. The van der Waals surface area contributed by atoms with E-state index in [-0.39, 0.29) is 11.0 Å². The average molecular weight is 239 g/mol. The van der Waals surface area contributed by atoms with Crippen molar-refractivity contribution in [1.82, 2.24) is 5.32 Å². The van der Waals surface area contributed by atoms with Crippen LogP contribution in [-0.4, -0.2) is 6.54 Å². The van der Waals surface area contributed by atoms with Crippen LogP contribution in [0.5, 0.6) is 0 Å². The molecule has 0 amide bonds. The Morgan fingerprint density at radius 3 is 2.18 bits per heavy atom. The van der Waals surface area contributed by atoms with Crippen LogP contribution in [-0.2, 0) is 5.54 Å². The Morgan fingerprint density at radius 2 is 1.76 bits per heavy atom. The predicted molar refractivity (Wildman–Crippen MR) is 64.7 cm³/mol. The highest BCUT2D eigenvalue weighted by Crippen LogP contribution is 2.47. The van der Waals surface area contributed by atoms with Crippen molar-refractivity contribution < 1.29 is 8.78 Å². The molecule has 17 heavy (non-hydrogen) atoms. The Kier molecular flexibility index (Phi) is 2.98. The lowest BCUT2D eigenvalue weighted by Gasteiger charge is -2.43. The monoisotopic (exact) mass is 239 g/mol. The molecule has 2 rings (SSSR count). The van der Waals surface area contributed by atoms with Crippen LogP contribution in [0.1, 0.15) is 39.2 Å². The highest BCUT2D eigenvalue weighted by Gasteiger charge is 2.48. The van der Waals surface area contributed by atoms with Gasteiger partial charge in [-0.2, -0.15) is 0 Å². The van der Waals surface area contributed by atoms with Gasteiger partial charge in [-0.05, 0) is 36.9 Å². The van der Waals surface area contributed by atoms with Crippen molar-refractivity contribution in [2.24, 2.45) is 5.41 Å². The molecule has 0 aliphatic carbocycles. The first-order chi connectivity index (χ1) is 7.88. The summed E-state index contributed by atoms with van der Waals surface area (Å²) in [6, 6.07) is 4.09. The molecule has 1 fully saturated rings. The quantitative estimate of drug-likeness (QED) is 0.789. The normalized spacial score (nSPS) is 25.2. The molecule has 0 saturated carbocycles. The maximum Gasteiger partial charge on any atom is 0.131 e. The van der Waals surface area contributed by atoms with Crippen LogP contribution in [0.15, 0.2) is 18.2 Å². The summed E-state index contributed by atoms with van der Waals surface area (Å²) in [5, 5.41) is 3.33. The van der Waals surface area contributed by atoms with E-state index >= 15 is 0 Å². The van der Waals surface area contributed by atoms with E-state index in [9.17, 15) is 8.78 Å². The molecule has 0 bridgehead atoms. The summed E-state index contributed by atoms with van der Waals surface area (Å²) in [5.74, 6) is -0.899. The van der Waals surface area contributed by atoms with Gasteiger partial charge in [-0.25, -0.2) is 8.78 Å². The first-order valence-electron chi connectivity index (χ1n) is 6.08. The molecule has 1 heterocycles. The number of rotatable bonds is 1. The lowest BCUT2D eigenvalue weighted by atomic mass is 9.68. The van der Waals surface area contributed by atoms with E-state index in [1.807, 2.05) is 20.8 Å². The molecule has 1 aromatic rings. The topological polar surface area (TPSA) is 12.0 Å². The third-order valence-corrected chi connectivity index (χ3v) is 3.83. The molecule has 1 atom stereocenters. The van der Waals surface area contributed by atoms with Crippen molar-refractivity contribution in [2.45, 2.75) is 39.2 Å². The molecule has 1 saturated heterocycles. The summed E-state index contributed by atoms with van der Waals surface area (Å²) in [5.41, 5.74) is -0.625. The Morgan fingerprint density at radius 1 is 1.18 bits per heavy atom. The first-order valence-corrected chi connectivity index (χ1v) is 6.08. The highest BCUT2D eigenvalue weighted by molar-refractivity contribution is 5.31. The summed E-state index contributed by atoms with van der Waals surface area (Å²) in [4.78, 5) is 0. The standard InChI is InChI=1S/C14H19F2N/c1-13(2,3)14(8-5-9-17-14)12-10(15)6-4-7-11(12)16/h4,6-7,17H,5,8-9H2,1-3H3. The molecular weight excluding hydrogens is 220 g/mol. The number of halogens is 2. The largest absolute Gasteiger partial charge is 0.307 e. The van der Waals surface area contributed by atoms with Crippen LogP contribution in [0.3, 0.4) is 0 Å². The lowest BCUT2D eigenvalue weighted by Crippen LogP contribution is -2.49. The van der Waals surface area contributed by atoms with Crippen molar-refractivity contribution in [3.63, 3.8) is 0 Å². The van der Waals surface area contributed by atoms with E-state index in [1.54, 1.807) is 0 Å². The van der Waals surface area contributed by atoms with E-state index in [1.165, 1.54) is 18.2 Å². The molecule has 1 unspecified atom stereocenters. The molecule has 1 aliphatic heterocycles. The van der Waals surface area contributed by atoms with Gasteiger partial charge in [0.2, 0.25) is 0 Å². The van der Waals surface area contributed by atoms with Gasteiger partial charge >= 0.3 is 0 Å². The molecule has 1 aromatic carbocycles. The average Bonchev–Trinajstić information content (AvgIpc) is 2.66. The second-order valence-electron chi connectivity index (χ2n) is 5.78. The molecule has 3 heteroatoms. The molecule has 1 nitrogen and oxygen atoms in total. The predicted octanol–water partition coefficient (Wildman–Crippen LogP) is 3.59. The van der Waals surface area contributed by atoms with E-state index in [4.69, 9.17) is 0 Å². The van der Waals surface area contributed by atoms with Crippen molar-refractivity contribution >= 4 is 0 Å². The van der Waals surface area contributed by atoms with Gasteiger partial charge in [-0.3, -0.25) is 0 Å². The zero-order valence-corrected chi connectivity index (χ0v) is 10.6. The fourth-order valence-corrected chi connectivity index (χ4v) is 2.88. The number of hydrogen-bond acceptors (Lipinski definition) is 1. The molecule has 0 aromatic heterocycles. The van der Waals surface area contributed by atoms with Gasteiger partial charge < -0.3 is 5.32 Å². The van der Waals surface area contributed by atoms with E-state index in [2.05, 4.69) is 5.32 Å². The Balaban J connectivity index is 2.62. The maximum absolute atomic E-state index is 14.0. The third-order valence-electron chi connectivity index (χ3n) is 3.83. The second-order valence-corrected chi connectivity index (χ2v) is 5.78. The van der Waals surface area contributed by atoms with Gasteiger partial charge in [0.25, 0.3) is 0 Å². The van der Waals surface area contributed by atoms with E-state index < -0.39 is 17.2 Å². The summed E-state index contributed by atoms with van der Waals surface area (Å²) < 4.78 is 28.0. The van der Waals surface area contributed by atoms with Crippen LogP contribution < -0.4 is 5.32 Å². The van der Waals surface area contributed by atoms with Crippen molar-refractivity contribution in [2.75, 3.05) is 6.54 Å². The summed E-state index contributed by atoms with van der Waals surface area (Å²) >= 11 is 0. The van der Waals surface area contributed by atoms with Crippen LogP contribution in [0.2, 0.25) is 0 Å². The molecule has 94 valence electrons. The van der Waals surface area contributed by atoms with Gasteiger partial charge in [0.05, 0.1) is 5.54 Å². The van der Waals surface area contributed by atoms with Crippen LogP contribution in [0, 0.1) is 17.0 Å². The van der Waals surface area contributed by atoms with E-state index in [0.29, 0.717) is 0 Å². The Bertz CT molecular complexity index is 394. The van der Waals surface area contributed by atoms with Gasteiger partial charge in [-0.15, -0.1) is 0 Å². The van der Waals surface area contributed by atoms with Crippen LogP contribution in [0.4, 0.5) is 8.78 Å². The Labute approximate surface area is 101 Å². The number of hydrogen-bond donors (Lipinski definition) is 1. The number of nitrogens with one attached hydrogen (secondary N) is 1. The molecule has 1 N–H and O–H groups in total. The first kappa shape index (κ1) is 12.5. The fourth-order valence-electron chi connectivity index (χ4n) is 2.88. The summed E-state index contributed by atoms with van der Waals surface area (Å²) in [6.45, 7) is 6.89. The van der Waals surface area contributed by atoms with Gasteiger partial charge in [0.1, 0.15) is 11.6 Å². The highest BCUT2D eigenvalue weighted by atomic mass is 19.1. The smallest absolute Gasteiger partial charge is 0.131 e. The summed E-state index contributed by atoms with van der Waals surface area (Å²) in [6.07, 6.45) is 1.72. The minimum absolute atomic E-state index is 0.199. The molecule has 1 aliphatic rings. The van der Waals surface area contributed by atoms with Gasteiger partial charge in [0.15, 0.2) is 0 Å². The SMILES string of the molecule is CC(C)(C)C1(c2c(F)cccc2F)CCCN1. The van der Waals surface area contributed by atoms with Crippen LogP contribution >= 0.6 is 0 Å². The third kappa shape index (κ3) is 1.86. The lowest BCUT2D eigenvalue weighted by molar-refractivity contribution is 0.149. The Hall–Kier alpha value is -0.960. The van der Waals surface area contributed by atoms with E-state index in [0.717, 1.165) is 19.4 Å².